The average molecular weight is 246 g/mol. The van der Waals surface area contributed by atoms with E-state index < -0.39 is 0 Å². The van der Waals surface area contributed by atoms with Gasteiger partial charge in [0, 0.05) is 17.7 Å². The Morgan fingerprint density at radius 1 is 1.24 bits per heavy atom. The van der Waals surface area contributed by atoms with Crippen LogP contribution in [0.2, 0.25) is 5.15 Å². The molecule has 0 saturated carbocycles. The lowest BCUT2D eigenvalue weighted by molar-refractivity contribution is 0.734. The molecule has 3 rings (SSSR count). The Morgan fingerprint density at radius 2 is 2.12 bits per heavy atom. The van der Waals surface area contributed by atoms with Gasteiger partial charge in [-0.15, -0.1) is 0 Å². The molecular weight excluding hydrogens is 234 g/mol. The van der Waals surface area contributed by atoms with Crippen LogP contribution in [0.25, 0.3) is 0 Å². The van der Waals surface area contributed by atoms with E-state index in [1.54, 1.807) is 0 Å². The standard InChI is InChI=1S/C13H12ClN3/c1-8-11(16-7-17-13(8)14)10-5-4-9-3-2-6-15-12(9)10/h2-3,6-7,10H,4-5H2,1H3. The number of hydrogen-bond acceptors (Lipinski definition) is 3. The number of pyridine rings is 1. The molecule has 1 atom stereocenters. The van der Waals surface area contributed by atoms with Gasteiger partial charge in [0.05, 0.1) is 11.4 Å². The summed E-state index contributed by atoms with van der Waals surface area (Å²) in [6.45, 7) is 1.97. The van der Waals surface area contributed by atoms with E-state index in [1.165, 1.54) is 11.9 Å². The molecule has 0 N–H and O–H groups in total. The van der Waals surface area contributed by atoms with Gasteiger partial charge in [-0.1, -0.05) is 17.7 Å². The van der Waals surface area contributed by atoms with Crippen LogP contribution in [0.5, 0.6) is 0 Å². The monoisotopic (exact) mass is 245 g/mol. The molecule has 3 nitrogen and oxygen atoms in total. The molecule has 0 radical (unpaired) electrons. The van der Waals surface area contributed by atoms with Crippen molar-refractivity contribution in [2.24, 2.45) is 0 Å². The quantitative estimate of drug-likeness (QED) is 0.725. The molecule has 0 aromatic carbocycles. The third-order valence-electron chi connectivity index (χ3n) is 3.35. The van der Waals surface area contributed by atoms with E-state index in [0.717, 1.165) is 29.8 Å². The molecule has 0 amide bonds. The van der Waals surface area contributed by atoms with Crippen LogP contribution in [-0.4, -0.2) is 15.0 Å². The molecule has 1 aliphatic carbocycles. The third kappa shape index (κ3) is 1.71. The van der Waals surface area contributed by atoms with Crippen molar-refractivity contribution in [1.29, 1.82) is 0 Å². The van der Waals surface area contributed by atoms with Crippen LogP contribution < -0.4 is 0 Å². The summed E-state index contributed by atoms with van der Waals surface area (Å²) in [5.41, 5.74) is 4.46. The Kier molecular flexibility index (Phi) is 2.56. The molecular formula is C13H12ClN3. The minimum absolute atomic E-state index is 0.270. The number of halogens is 1. The molecule has 0 saturated heterocycles. The maximum Gasteiger partial charge on any atom is 0.135 e. The van der Waals surface area contributed by atoms with Gasteiger partial charge in [0.2, 0.25) is 0 Å². The van der Waals surface area contributed by atoms with E-state index in [-0.39, 0.29) is 5.92 Å². The minimum atomic E-state index is 0.270. The van der Waals surface area contributed by atoms with Crippen LogP contribution in [0.1, 0.15) is 34.9 Å². The molecule has 0 aliphatic heterocycles. The highest BCUT2D eigenvalue weighted by Gasteiger charge is 2.27. The largest absolute Gasteiger partial charge is 0.260 e. The maximum atomic E-state index is 6.05. The highest BCUT2D eigenvalue weighted by Crippen LogP contribution is 2.37. The number of aromatic nitrogens is 3. The normalized spacial score (nSPS) is 18.1. The van der Waals surface area contributed by atoms with Gasteiger partial charge in [-0.05, 0) is 31.4 Å². The first-order valence-electron chi connectivity index (χ1n) is 5.68. The maximum absolute atomic E-state index is 6.05. The molecule has 0 fully saturated rings. The van der Waals surface area contributed by atoms with Gasteiger partial charge in [-0.25, -0.2) is 9.97 Å². The molecule has 4 heteroatoms. The van der Waals surface area contributed by atoms with E-state index in [1.807, 2.05) is 19.2 Å². The Morgan fingerprint density at radius 3 is 3.00 bits per heavy atom. The first kappa shape index (κ1) is 10.7. The topological polar surface area (TPSA) is 38.7 Å². The van der Waals surface area contributed by atoms with Gasteiger partial charge in [0.25, 0.3) is 0 Å². The molecule has 0 bridgehead atoms. The summed E-state index contributed by atoms with van der Waals surface area (Å²) in [6.07, 6.45) is 5.50. The summed E-state index contributed by atoms with van der Waals surface area (Å²) in [5, 5.41) is 0.541. The lowest BCUT2D eigenvalue weighted by Crippen LogP contribution is -2.05. The molecule has 1 unspecified atom stereocenters. The summed E-state index contributed by atoms with van der Waals surface area (Å²) in [6, 6.07) is 4.13. The van der Waals surface area contributed by atoms with Gasteiger partial charge in [-0.2, -0.15) is 0 Å². The number of aryl methyl sites for hydroxylation is 1. The molecule has 17 heavy (non-hydrogen) atoms. The van der Waals surface area contributed by atoms with Crippen LogP contribution in [0.15, 0.2) is 24.7 Å². The van der Waals surface area contributed by atoms with Gasteiger partial charge in [0.1, 0.15) is 11.5 Å². The fourth-order valence-electron chi connectivity index (χ4n) is 2.47. The molecule has 2 heterocycles. The SMILES string of the molecule is Cc1c(Cl)ncnc1C1CCc2cccnc21. The van der Waals surface area contributed by atoms with E-state index in [0.29, 0.717) is 5.15 Å². The Hall–Kier alpha value is -1.48. The minimum Gasteiger partial charge on any atom is -0.260 e. The van der Waals surface area contributed by atoms with Crippen LogP contribution >= 0.6 is 11.6 Å². The van der Waals surface area contributed by atoms with Crippen LogP contribution in [0.4, 0.5) is 0 Å². The summed E-state index contributed by atoms with van der Waals surface area (Å²) >= 11 is 6.05. The smallest absolute Gasteiger partial charge is 0.135 e. The fourth-order valence-corrected chi connectivity index (χ4v) is 2.61. The third-order valence-corrected chi connectivity index (χ3v) is 3.73. The van der Waals surface area contributed by atoms with Crippen molar-refractivity contribution in [2.45, 2.75) is 25.7 Å². The number of fused-ring (bicyclic) bond motifs is 1. The van der Waals surface area contributed by atoms with Gasteiger partial charge in [0.15, 0.2) is 0 Å². The molecule has 2 aromatic rings. The first-order valence-corrected chi connectivity index (χ1v) is 6.06. The average Bonchev–Trinajstić information content (AvgIpc) is 2.77. The first-order chi connectivity index (χ1) is 8.27. The van der Waals surface area contributed by atoms with Crippen LogP contribution in [-0.2, 0) is 6.42 Å². The van der Waals surface area contributed by atoms with Crippen molar-refractivity contribution in [3.63, 3.8) is 0 Å². The van der Waals surface area contributed by atoms with Crippen molar-refractivity contribution >= 4 is 11.6 Å². The second-order valence-corrected chi connectivity index (χ2v) is 4.67. The van der Waals surface area contributed by atoms with Crippen molar-refractivity contribution in [1.82, 2.24) is 15.0 Å². The number of hydrogen-bond donors (Lipinski definition) is 0. The summed E-state index contributed by atoms with van der Waals surface area (Å²) in [4.78, 5) is 12.9. The second kappa shape index (κ2) is 4.08. The van der Waals surface area contributed by atoms with E-state index >= 15 is 0 Å². The number of nitrogens with zero attached hydrogens (tertiary/aromatic N) is 3. The Balaban J connectivity index is 2.10. The Bertz CT molecular complexity index is 568. The van der Waals surface area contributed by atoms with Crippen molar-refractivity contribution in [3.05, 3.63) is 52.3 Å². The van der Waals surface area contributed by atoms with Gasteiger partial charge < -0.3 is 0 Å². The van der Waals surface area contributed by atoms with Gasteiger partial charge >= 0.3 is 0 Å². The predicted molar refractivity (Wildman–Crippen MR) is 66.2 cm³/mol. The second-order valence-electron chi connectivity index (χ2n) is 4.31. The summed E-state index contributed by atoms with van der Waals surface area (Å²) < 4.78 is 0. The lowest BCUT2D eigenvalue weighted by Gasteiger charge is -2.12. The summed E-state index contributed by atoms with van der Waals surface area (Å²) in [7, 11) is 0. The predicted octanol–water partition coefficient (Wildman–Crippen LogP) is 2.91. The highest BCUT2D eigenvalue weighted by molar-refractivity contribution is 6.30. The zero-order chi connectivity index (χ0) is 11.8. The number of rotatable bonds is 1. The molecule has 1 aliphatic rings. The van der Waals surface area contributed by atoms with Gasteiger partial charge in [-0.3, -0.25) is 4.98 Å². The zero-order valence-corrected chi connectivity index (χ0v) is 10.3. The fraction of sp³-hybridized carbons (Fsp3) is 0.308. The highest BCUT2D eigenvalue weighted by atomic mass is 35.5. The van der Waals surface area contributed by atoms with E-state index in [2.05, 4.69) is 21.0 Å². The van der Waals surface area contributed by atoms with Crippen molar-refractivity contribution in [2.75, 3.05) is 0 Å². The van der Waals surface area contributed by atoms with Crippen molar-refractivity contribution < 1.29 is 0 Å². The lowest BCUT2D eigenvalue weighted by atomic mass is 9.99. The molecule has 2 aromatic heterocycles. The molecule has 0 spiro atoms. The van der Waals surface area contributed by atoms with E-state index in [4.69, 9.17) is 11.6 Å². The molecule has 86 valence electrons. The summed E-state index contributed by atoms with van der Waals surface area (Å²) in [5.74, 6) is 0.270. The van der Waals surface area contributed by atoms with Crippen LogP contribution in [0, 0.1) is 6.92 Å². The van der Waals surface area contributed by atoms with E-state index in [9.17, 15) is 0 Å². The Labute approximate surface area is 105 Å². The zero-order valence-electron chi connectivity index (χ0n) is 9.52. The van der Waals surface area contributed by atoms with Crippen LogP contribution in [0.3, 0.4) is 0 Å². The van der Waals surface area contributed by atoms with Crippen molar-refractivity contribution in [3.8, 4) is 0 Å².